The van der Waals surface area contributed by atoms with Gasteiger partial charge in [-0.2, -0.15) is 0 Å². The molecule has 0 spiro atoms. The lowest BCUT2D eigenvalue weighted by molar-refractivity contribution is -0.145. The predicted octanol–water partition coefficient (Wildman–Crippen LogP) is 4.52. The summed E-state index contributed by atoms with van der Waals surface area (Å²) in [5.74, 6) is -2.95. The van der Waals surface area contributed by atoms with E-state index in [4.69, 9.17) is 4.74 Å². The summed E-state index contributed by atoms with van der Waals surface area (Å²) in [5, 5.41) is 5.73. The Hall–Kier alpha value is -3.66. The van der Waals surface area contributed by atoms with E-state index in [1.165, 1.54) is 37.6 Å². The Labute approximate surface area is 218 Å². The molecule has 37 heavy (non-hydrogen) atoms. The van der Waals surface area contributed by atoms with Gasteiger partial charge in [-0.05, 0) is 62.1 Å². The number of thiazole rings is 1. The second kappa shape index (κ2) is 12.1. The summed E-state index contributed by atoms with van der Waals surface area (Å²) >= 11 is 1.10. The number of nitrogens with one attached hydrogen (secondary N) is 2. The largest absolute Gasteiger partial charge is 0.469 e. The second-order valence-corrected chi connectivity index (χ2v) is 10.4. The third-order valence-electron chi connectivity index (χ3n) is 5.66. The number of ether oxygens (including phenoxy) is 1. The Balaban J connectivity index is 1.75. The van der Waals surface area contributed by atoms with Crippen LogP contribution in [0.15, 0.2) is 54.7 Å². The Bertz CT molecular complexity index is 1240. The minimum Gasteiger partial charge on any atom is -0.469 e. The van der Waals surface area contributed by atoms with Gasteiger partial charge in [0, 0.05) is 11.7 Å². The van der Waals surface area contributed by atoms with E-state index in [1.807, 2.05) is 13.8 Å². The molecule has 0 fully saturated rings. The number of hydrogen-bond donors (Lipinski definition) is 2. The highest BCUT2D eigenvalue weighted by Gasteiger charge is 2.31. The first-order valence-corrected chi connectivity index (χ1v) is 12.5. The van der Waals surface area contributed by atoms with E-state index in [9.17, 15) is 23.2 Å². The molecule has 0 aliphatic rings. The average molecular weight is 530 g/mol. The van der Waals surface area contributed by atoms with Crippen molar-refractivity contribution in [2.45, 2.75) is 45.2 Å². The number of hydrogen-bond acceptors (Lipinski definition) is 6. The highest BCUT2D eigenvalue weighted by Crippen LogP contribution is 2.26. The molecule has 0 bridgehead atoms. The van der Waals surface area contributed by atoms with Crippen molar-refractivity contribution in [1.29, 1.82) is 0 Å². The standard InChI is InChI=1S/C27H29F2N3O4S/c1-16(26(35)36-4)13-21(23(33)32-27(2,3)14-17-5-9-19(28)10-6-17)31-24(34)25-30-15-22(37-25)18-7-11-20(29)12-8-18/h5-12,15-16,21H,13-14H2,1-4H3,(H,31,34)(H,32,33)/t16?,21-/m0/s1. The third kappa shape index (κ3) is 7.91. The lowest BCUT2D eigenvalue weighted by atomic mass is 9.93. The maximum atomic E-state index is 13.3. The fraction of sp³-hybridized carbons (Fsp3) is 0.333. The molecule has 7 nitrogen and oxygen atoms in total. The SMILES string of the molecule is COC(=O)C(C)C[C@H](NC(=O)c1ncc(-c2ccc(F)cc2)s1)C(=O)NC(C)(C)Cc1ccc(F)cc1. The van der Waals surface area contributed by atoms with Crippen molar-refractivity contribution in [2.75, 3.05) is 7.11 Å². The summed E-state index contributed by atoms with van der Waals surface area (Å²) in [4.78, 5) is 43.1. The summed E-state index contributed by atoms with van der Waals surface area (Å²) in [6.45, 7) is 5.23. The summed E-state index contributed by atoms with van der Waals surface area (Å²) in [7, 11) is 1.25. The molecule has 1 aromatic heterocycles. The first-order chi connectivity index (χ1) is 17.5. The zero-order valence-electron chi connectivity index (χ0n) is 21.0. The topological polar surface area (TPSA) is 97.4 Å². The molecule has 10 heteroatoms. The van der Waals surface area contributed by atoms with E-state index in [1.54, 1.807) is 31.2 Å². The zero-order chi connectivity index (χ0) is 27.2. The summed E-state index contributed by atoms with van der Waals surface area (Å²) in [6, 6.07) is 10.7. The smallest absolute Gasteiger partial charge is 0.308 e. The van der Waals surface area contributed by atoms with Crippen molar-refractivity contribution in [3.05, 3.63) is 76.9 Å². The van der Waals surface area contributed by atoms with Gasteiger partial charge >= 0.3 is 5.97 Å². The van der Waals surface area contributed by atoms with Crippen LogP contribution in [0.3, 0.4) is 0 Å². The molecule has 3 aromatic rings. The normalized spacial score (nSPS) is 12.9. The number of esters is 1. The van der Waals surface area contributed by atoms with Gasteiger partial charge in [0.1, 0.15) is 17.7 Å². The molecule has 0 saturated carbocycles. The number of halogens is 2. The molecule has 2 atom stereocenters. The van der Waals surface area contributed by atoms with Gasteiger partial charge in [0.05, 0.1) is 17.9 Å². The number of nitrogens with zero attached hydrogens (tertiary/aromatic N) is 1. The van der Waals surface area contributed by atoms with Gasteiger partial charge in [-0.25, -0.2) is 13.8 Å². The van der Waals surface area contributed by atoms with Crippen molar-refractivity contribution >= 4 is 29.1 Å². The fourth-order valence-corrected chi connectivity index (χ4v) is 4.63. The molecule has 0 saturated heterocycles. The molecule has 2 aromatic carbocycles. The van der Waals surface area contributed by atoms with Crippen LogP contribution in [0.1, 0.15) is 42.6 Å². The molecular weight excluding hydrogens is 500 g/mol. The van der Waals surface area contributed by atoms with Gasteiger partial charge in [-0.3, -0.25) is 14.4 Å². The Morgan fingerprint density at radius 3 is 2.22 bits per heavy atom. The molecule has 196 valence electrons. The fourth-order valence-electron chi connectivity index (χ4n) is 3.81. The number of aromatic nitrogens is 1. The highest BCUT2D eigenvalue weighted by atomic mass is 32.1. The van der Waals surface area contributed by atoms with Crippen LogP contribution in [0.25, 0.3) is 10.4 Å². The van der Waals surface area contributed by atoms with Crippen molar-refractivity contribution < 1.29 is 27.9 Å². The molecule has 0 aliphatic heterocycles. The molecule has 0 aliphatic carbocycles. The number of methoxy groups -OCH3 is 1. The molecule has 2 amide bonds. The molecule has 0 radical (unpaired) electrons. The Kier molecular flexibility index (Phi) is 9.09. The predicted molar refractivity (Wildman–Crippen MR) is 137 cm³/mol. The van der Waals surface area contributed by atoms with E-state index in [-0.39, 0.29) is 23.1 Å². The number of benzene rings is 2. The van der Waals surface area contributed by atoms with Crippen LogP contribution in [-0.2, 0) is 20.7 Å². The Morgan fingerprint density at radius 2 is 1.62 bits per heavy atom. The monoisotopic (exact) mass is 529 g/mol. The van der Waals surface area contributed by atoms with Crippen molar-refractivity contribution in [2.24, 2.45) is 5.92 Å². The summed E-state index contributed by atoms with van der Waals surface area (Å²) in [5.41, 5.74) is 0.795. The van der Waals surface area contributed by atoms with Gasteiger partial charge in [0.25, 0.3) is 5.91 Å². The minimum absolute atomic E-state index is 0.00701. The highest BCUT2D eigenvalue weighted by molar-refractivity contribution is 7.17. The lowest BCUT2D eigenvalue weighted by Crippen LogP contribution is -2.54. The quantitative estimate of drug-likeness (QED) is 0.377. The molecule has 2 N–H and O–H groups in total. The van der Waals surface area contributed by atoms with Crippen LogP contribution in [0.2, 0.25) is 0 Å². The van der Waals surface area contributed by atoms with Crippen LogP contribution in [0, 0.1) is 17.6 Å². The molecule has 1 heterocycles. The average Bonchev–Trinajstić information content (AvgIpc) is 3.35. The molecule has 3 rings (SSSR count). The van der Waals surface area contributed by atoms with E-state index in [0.717, 1.165) is 16.9 Å². The number of rotatable bonds is 10. The maximum Gasteiger partial charge on any atom is 0.308 e. The van der Waals surface area contributed by atoms with E-state index in [2.05, 4.69) is 15.6 Å². The summed E-state index contributed by atoms with van der Waals surface area (Å²) in [6.07, 6.45) is 1.93. The van der Waals surface area contributed by atoms with Gasteiger partial charge < -0.3 is 15.4 Å². The number of carbonyl (C=O) groups is 3. The second-order valence-electron chi connectivity index (χ2n) is 9.40. The van der Waals surface area contributed by atoms with Crippen LogP contribution in [-0.4, -0.2) is 41.5 Å². The van der Waals surface area contributed by atoms with Gasteiger partial charge in [0.15, 0.2) is 5.01 Å². The number of carbonyl (C=O) groups excluding carboxylic acids is 3. The van der Waals surface area contributed by atoms with Crippen LogP contribution in [0.5, 0.6) is 0 Å². The molecule has 1 unspecified atom stereocenters. The zero-order valence-corrected chi connectivity index (χ0v) is 21.8. The maximum absolute atomic E-state index is 13.3. The summed E-state index contributed by atoms with van der Waals surface area (Å²) < 4.78 is 31.3. The van der Waals surface area contributed by atoms with Crippen molar-refractivity contribution in [3.63, 3.8) is 0 Å². The van der Waals surface area contributed by atoms with E-state index < -0.39 is 35.3 Å². The first-order valence-electron chi connectivity index (χ1n) is 11.6. The van der Waals surface area contributed by atoms with Gasteiger partial charge in [-0.15, -0.1) is 11.3 Å². The van der Waals surface area contributed by atoms with E-state index in [0.29, 0.717) is 16.9 Å². The Morgan fingerprint density at radius 1 is 1.03 bits per heavy atom. The lowest BCUT2D eigenvalue weighted by Gasteiger charge is -2.30. The van der Waals surface area contributed by atoms with Crippen molar-refractivity contribution in [1.82, 2.24) is 15.6 Å². The van der Waals surface area contributed by atoms with Crippen LogP contribution >= 0.6 is 11.3 Å². The van der Waals surface area contributed by atoms with Crippen LogP contribution in [0.4, 0.5) is 8.78 Å². The molecular formula is C27H29F2N3O4S. The first kappa shape index (κ1) is 27.9. The number of amides is 2. The minimum atomic E-state index is -1.05. The van der Waals surface area contributed by atoms with Crippen molar-refractivity contribution in [3.8, 4) is 10.4 Å². The van der Waals surface area contributed by atoms with Gasteiger partial charge in [0.2, 0.25) is 5.91 Å². The van der Waals surface area contributed by atoms with Crippen LogP contribution < -0.4 is 10.6 Å². The third-order valence-corrected chi connectivity index (χ3v) is 6.71. The van der Waals surface area contributed by atoms with Gasteiger partial charge in [-0.1, -0.05) is 31.2 Å². The van der Waals surface area contributed by atoms with E-state index >= 15 is 0 Å².